The van der Waals surface area contributed by atoms with Gasteiger partial charge in [0.25, 0.3) is 0 Å². The summed E-state index contributed by atoms with van der Waals surface area (Å²) in [5, 5.41) is 25.4. The third-order valence-electron chi connectivity index (χ3n) is 3.86. The van der Waals surface area contributed by atoms with Crippen molar-refractivity contribution in [3.05, 3.63) is 41.9 Å². The normalized spacial score (nSPS) is 14.5. The minimum atomic E-state index is 0.178. The first kappa shape index (κ1) is 15.7. The molecule has 2 heterocycles. The van der Waals surface area contributed by atoms with Crippen LogP contribution in [0.4, 0.5) is 5.69 Å². The van der Waals surface area contributed by atoms with Gasteiger partial charge >= 0.3 is 0 Å². The molecule has 8 nitrogen and oxygen atoms in total. The first-order valence-electron chi connectivity index (χ1n) is 7.73. The van der Waals surface area contributed by atoms with Crippen molar-refractivity contribution in [3.63, 3.8) is 0 Å². The molecule has 0 aliphatic carbocycles. The fourth-order valence-electron chi connectivity index (χ4n) is 2.55. The summed E-state index contributed by atoms with van der Waals surface area (Å²) in [6.45, 7) is 1.74. The smallest absolute Gasteiger partial charge is 0.226 e. The summed E-state index contributed by atoms with van der Waals surface area (Å²) in [6, 6.07) is 9.56. The van der Waals surface area contributed by atoms with Gasteiger partial charge in [0.15, 0.2) is 0 Å². The standard InChI is InChI=1S/C16H17N7O/c17-10-13(16-19-21-22-20-16)11-18-14-5-3-12(4-6-14)9-15(24)23-7-1-2-8-23/h3-6,11,18H,1-2,7-9H2,(H,19,20,21,22). The van der Waals surface area contributed by atoms with E-state index in [0.29, 0.717) is 6.42 Å². The van der Waals surface area contributed by atoms with E-state index in [1.165, 1.54) is 6.20 Å². The number of nitriles is 1. The zero-order chi connectivity index (χ0) is 16.8. The van der Waals surface area contributed by atoms with Gasteiger partial charge in [0.05, 0.1) is 6.42 Å². The topological polar surface area (TPSA) is 111 Å². The van der Waals surface area contributed by atoms with Crippen molar-refractivity contribution >= 4 is 17.2 Å². The molecule has 122 valence electrons. The quantitative estimate of drug-likeness (QED) is 0.803. The summed E-state index contributed by atoms with van der Waals surface area (Å²) < 4.78 is 0. The molecule has 0 radical (unpaired) electrons. The number of hydrogen-bond donors (Lipinski definition) is 2. The number of aromatic amines is 1. The van der Waals surface area contributed by atoms with Gasteiger partial charge in [0.2, 0.25) is 11.7 Å². The van der Waals surface area contributed by atoms with Crippen LogP contribution in [0.25, 0.3) is 5.57 Å². The van der Waals surface area contributed by atoms with E-state index in [2.05, 4.69) is 25.9 Å². The number of nitrogens with one attached hydrogen (secondary N) is 2. The molecule has 2 N–H and O–H groups in total. The molecule has 24 heavy (non-hydrogen) atoms. The van der Waals surface area contributed by atoms with Crippen LogP contribution in [-0.2, 0) is 11.2 Å². The van der Waals surface area contributed by atoms with Crippen molar-refractivity contribution in [2.75, 3.05) is 18.4 Å². The highest BCUT2D eigenvalue weighted by Gasteiger charge is 2.17. The number of aromatic nitrogens is 4. The predicted octanol–water partition coefficient (Wildman–Crippen LogP) is 1.34. The Bertz CT molecular complexity index is 753. The van der Waals surface area contributed by atoms with Gasteiger partial charge < -0.3 is 10.2 Å². The average molecular weight is 323 g/mol. The minimum absolute atomic E-state index is 0.178. The third-order valence-corrected chi connectivity index (χ3v) is 3.86. The number of tetrazole rings is 1. The Morgan fingerprint density at radius 3 is 2.71 bits per heavy atom. The molecule has 0 spiro atoms. The molecule has 0 atom stereocenters. The van der Waals surface area contributed by atoms with Gasteiger partial charge in [0.1, 0.15) is 11.6 Å². The Morgan fingerprint density at radius 1 is 1.33 bits per heavy atom. The lowest BCUT2D eigenvalue weighted by atomic mass is 10.1. The molecule has 1 aromatic carbocycles. The van der Waals surface area contributed by atoms with Crippen LogP contribution in [0.3, 0.4) is 0 Å². The molecule has 1 aliphatic heterocycles. The number of H-pyrrole nitrogens is 1. The molecule has 2 aromatic rings. The Balaban J connectivity index is 1.60. The fraction of sp³-hybridized carbons (Fsp3) is 0.312. The largest absolute Gasteiger partial charge is 0.360 e. The van der Waals surface area contributed by atoms with Gasteiger partial charge in [-0.25, -0.2) is 0 Å². The van der Waals surface area contributed by atoms with Crippen molar-refractivity contribution in [3.8, 4) is 6.07 Å². The maximum absolute atomic E-state index is 12.1. The molecule has 0 unspecified atom stereocenters. The number of rotatable bonds is 5. The van der Waals surface area contributed by atoms with Crippen molar-refractivity contribution in [1.29, 1.82) is 5.26 Å². The summed E-state index contributed by atoms with van der Waals surface area (Å²) in [5.41, 5.74) is 2.06. The van der Waals surface area contributed by atoms with Crippen molar-refractivity contribution in [2.24, 2.45) is 0 Å². The monoisotopic (exact) mass is 323 g/mol. The van der Waals surface area contributed by atoms with Gasteiger partial charge in [-0.2, -0.15) is 10.5 Å². The Morgan fingerprint density at radius 2 is 2.08 bits per heavy atom. The highest BCUT2D eigenvalue weighted by atomic mass is 16.2. The van der Waals surface area contributed by atoms with E-state index in [9.17, 15) is 4.79 Å². The molecule has 1 saturated heterocycles. The highest BCUT2D eigenvalue weighted by molar-refractivity contribution is 5.79. The van der Waals surface area contributed by atoms with E-state index in [1.54, 1.807) is 0 Å². The zero-order valence-electron chi connectivity index (χ0n) is 13.1. The SMILES string of the molecule is N#CC(=CNc1ccc(CC(=O)N2CCCC2)cc1)c1nn[nH]n1. The van der Waals surface area contributed by atoms with E-state index < -0.39 is 0 Å². The second-order valence-corrected chi connectivity index (χ2v) is 5.51. The van der Waals surface area contributed by atoms with Crippen LogP contribution in [0, 0.1) is 11.3 Å². The highest BCUT2D eigenvalue weighted by Crippen LogP contribution is 2.14. The molecule has 3 rings (SSSR count). The lowest BCUT2D eigenvalue weighted by Crippen LogP contribution is -2.29. The lowest BCUT2D eigenvalue weighted by Gasteiger charge is -2.15. The zero-order valence-corrected chi connectivity index (χ0v) is 13.1. The van der Waals surface area contributed by atoms with Crippen LogP contribution < -0.4 is 5.32 Å². The Labute approximate surface area is 139 Å². The number of nitrogens with zero attached hydrogens (tertiary/aromatic N) is 5. The Hall–Kier alpha value is -3.21. The summed E-state index contributed by atoms with van der Waals surface area (Å²) in [5.74, 6) is 0.412. The number of carbonyl (C=O) groups excluding carboxylic acids is 1. The summed E-state index contributed by atoms with van der Waals surface area (Å²) in [6.07, 6.45) is 4.14. The van der Waals surface area contributed by atoms with Gasteiger partial charge in [-0.15, -0.1) is 10.2 Å². The Kier molecular flexibility index (Phi) is 4.81. The van der Waals surface area contributed by atoms with Gasteiger partial charge in [0, 0.05) is 25.0 Å². The maximum Gasteiger partial charge on any atom is 0.226 e. The van der Waals surface area contributed by atoms with E-state index in [0.717, 1.165) is 37.2 Å². The molecule has 1 amide bonds. The fourth-order valence-corrected chi connectivity index (χ4v) is 2.55. The lowest BCUT2D eigenvalue weighted by molar-refractivity contribution is -0.129. The second kappa shape index (κ2) is 7.37. The maximum atomic E-state index is 12.1. The predicted molar refractivity (Wildman–Crippen MR) is 87.4 cm³/mol. The number of carbonyl (C=O) groups is 1. The van der Waals surface area contributed by atoms with E-state index in [4.69, 9.17) is 5.26 Å². The van der Waals surface area contributed by atoms with Crippen LogP contribution in [0.15, 0.2) is 30.5 Å². The first-order valence-corrected chi connectivity index (χ1v) is 7.73. The number of amides is 1. The van der Waals surface area contributed by atoms with E-state index >= 15 is 0 Å². The van der Waals surface area contributed by atoms with Gasteiger partial charge in [-0.3, -0.25) is 4.79 Å². The number of hydrogen-bond acceptors (Lipinski definition) is 6. The van der Waals surface area contributed by atoms with Crippen molar-refractivity contribution in [2.45, 2.75) is 19.3 Å². The van der Waals surface area contributed by atoms with E-state index in [1.807, 2.05) is 35.2 Å². The van der Waals surface area contributed by atoms with Gasteiger partial charge in [-0.1, -0.05) is 12.1 Å². The molecule has 1 fully saturated rings. The summed E-state index contributed by atoms with van der Waals surface area (Å²) in [7, 11) is 0. The molecule has 0 saturated carbocycles. The summed E-state index contributed by atoms with van der Waals surface area (Å²) in [4.78, 5) is 14.0. The van der Waals surface area contributed by atoms with Crippen LogP contribution in [0.5, 0.6) is 0 Å². The number of benzene rings is 1. The third kappa shape index (κ3) is 3.76. The molecule has 0 bridgehead atoms. The first-order chi connectivity index (χ1) is 11.8. The van der Waals surface area contributed by atoms with Crippen molar-refractivity contribution in [1.82, 2.24) is 25.5 Å². The molecule has 1 aliphatic rings. The number of anilines is 1. The molecule has 1 aromatic heterocycles. The van der Waals surface area contributed by atoms with E-state index in [-0.39, 0.29) is 17.3 Å². The average Bonchev–Trinajstić information content (AvgIpc) is 3.31. The van der Waals surface area contributed by atoms with Crippen LogP contribution >= 0.6 is 0 Å². The van der Waals surface area contributed by atoms with Crippen LogP contribution in [-0.4, -0.2) is 44.5 Å². The van der Waals surface area contributed by atoms with Crippen molar-refractivity contribution < 1.29 is 4.79 Å². The van der Waals surface area contributed by atoms with Crippen LogP contribution in [0.2, 0.25) is 0 Å². The molecule has 8 heteroatoms. The van der Waals surface area contributed by atoms with Gasteiger partial charge in [-0.05, 0) is 35.8 Å². The number of likely N-dealkylation sites (tertiary alicyclic amines) is 1. The second-order valence-electron chi connectivity index (χ2n) is 5.51. The summed E-state index contributed by atoms with van der Waals surface area (Å²) >= 11 is 0. The molecular formula is C16H17N7O. The molecular weight excluding hydrogens is 306 g/mol. The van der Waals surface area contributed by atoms with Crippen LogP contribution in [0.1, 0.15) is 24.2 Å². The minimum Gasteiger partial charge on any atom is -0.360 e. The number of allylic oxidation sites excluding steroid dienone is 1.